The Morgan fingerprint density at radius 3 is 2.48 bits per heavy atom. The SMILES string of the molecule is COc1cc2nc(N(C)CCCNC(=O)OCC(C)C)nc(N)c2cc1OC.Cl. The predicted octanol–water partition coefficient (Wildman–Crippen LogP) is 2.86. The summed E-state index contributed by atoms with van der Waals surface area (Å²) in [6.07, 6.45) is 0.309. The van der Waals surface area contributed by atoms with Crippen molar-refractivity contribution in [1.82, 2.24) is 15.3 Å². The normalized spacial score (nSPS) is 10.4. The Morgan fingerprint density at radius 1 is 1.21 bits per heavy atom. The molecule has 0 aliphatic rings. The van der Waals surface area contributed by atoms with Crippen molar-refractivity contribution >= 4 is 41.2 Å². The highest BCUT2D eigenvalue weighted by Gasteiger charge is 2.13. The molecule has 2 aromatic rings. The minimum absolute atomic E-state index is 0. The van der Waals surface area contributed by atoms with Crippen molar-refractivity contribution in [3.63, 3.8) is 0 Å². The molecule has 1 aromatic carbocycles. The fourth-order valence-corrected chi connectivity index (χ4v) is 2.54. The average molecular weight is 428 g/mol. The van der Waals surface area contributed by atoms with Crippen molar-refractivity contribution in [2.24, 2.45) is 5.92 Å². The van der Waals surface area contributed by atoms with Crippen LogP contribution in [0.15, 0.2) is 12.1 Å². The van der Waals surface area contributed by atoms with Gasteiger partial charge in [-0.15, -0.1) is 12.4 Å². The van der Waals surface area contributed by atoms with Gasteiger partial charge in [0.05, 0.1) is 26.3 Å². The molecular weight excluding hydrogens is 398 g/mol. The maximum absolute atomic E-state index is 11.6. The molecule has 0 radical (unpaired) electrons. The Morgan fingerprint density at radius 2 is 1.86 bits per heavy atom. The minimum atomic E-state index is -0.399. The molecule has 1 aromatic heterocycles. The summed E-state index contributed by atoms with van der Waals surface area (Å²) in [6, 6.07) is 3.54. The van der Waals surface area contributed by atoms with Gasteiger partial charge in [0.2, 0.25) is 5.95 Å². The Labute approximate surface area is 177 Å². The smallest absolute Gasteiger partial charge is 0.407 e. The van der Waals surface area contributed by atoms with Gasteiger partial charge in [0, 0.05) is 31.6 Å². The number of nitrogens with zero attached hydrogens (tertiary/aromatic N) is 3. The molecule has 10 heteroatoms. The van der Waals surface area contributed by atoms with Gasteiger partial charge in [-0.1, -0.05) is 13.8 Å². The van der Waals surface area contributed by atoms with Crippen LogP contribution in [-0.2, 0) is 4.74 Å². The molecule has 0 spiro atoms. The molecule has 0 atom stereocenters. The summed E-state index contributed by atoms with van der Waals surface area (Å²) in [7, 11) is 5.01. The molecule has 0 fully saturated rings. The van der Waals surface area contributed by atoms with E-state index >= 15 is 0 Å². The highest BCUT2D eigenvalue weighted by Crippen LogP contribution is 2.33. The molecule has 0 saturated carbocycles. The van der Waals surface area contributed by atoms with E-state index in [2.05, 4.69) is 15.3 Å². The summed E-state index contributed by atoms with van der Waals surface area (Å²) in [4.78, 5) is 22.4. The summed E-state index contributed by atoms with van der Waals surface area (Å²) < 4.78 is 15.7. The van der Waals surface area contributed by atoms with Gasteiger partial charge < -0.3 is 30.2 Å². The van der Waals surface area contributed by atoms with Gasteiger partial charge in [-0.25, -0.2) is 9.78 Å². The molecule has 0 aliphatic heterocycles. The highest BCUT2D eigenvalue weighted by atomic mass is 35.5. The van der Waals surface area contributed by atoms with Crippen molar-refractivity contribution in [2.75, 3.05) is 51.6 Å². The van der Waals surface area contributed by atoms with E-state index in [1.165, 1.54) is 0 Å². The van der Waals surface area contributed by atoms with E-state index in [0.29, 0.717) is 66.2 Å². The third-order valence-electron chi connectivity index (χ3n) is 4.05. The van der Waals surface area contributed by atoms with Gasteiger partial charge in [-0.2, -0.15) is 4.98 Å². The third-order valence-corrected chi connectivity index (χ3v) is 4.05. The zero-order valence-electron chi connectivity index (χ0n) is 17.5. The van der Waals surface area contributed by atoms with Crippen LogP contribution in [0.2, 0.25) is 0 Å². The first-order valence-electron chi connectivity index (χ1n) is 9.16. The lowest BCUT2D eigenvalue weighted by Crippen LogP contribution is -2.30. The number of rotatable bonds is 9. The highest BCUT2D eigenvalue weighted by molar-refractivity contribution is 5.91. The molecule has 1 amide bonds. The summed E-state index contributed by atoms with van der Waals surface area (Å²) in [6.45, 7) is 5.52. The van der Waals surface area contributed by atoms with Crippen LogP contribution in [0, 0.1) is 5.92 Å². The predicted molar refractivity (Wildman–Crippen MR) is 116 cm³/mol. The van der Waals surface area contributed by atoms with Crippen LogP contribution in [-0.4, -0.2) is 57.0 Å². The van der Waals surface area contributed by atoms with Crippen LogP contribution >= 0.6 is 12.4 Å². The van der Waals surface area contributed by atoms with Crippen LogP contribution in [0.5, 0.6) is 11.5 Å². The second-order valence-electron chi connectivity index (χ2n) is 6.83. The lowest BCUT2D eigenvalue weighted by Gasteiger charge is -2.18. The maximum atomic E-state index is 11.6. The molecule has 0 aliphatic carbocycles. The number of benzene rings is 1. The van der Waals surface area contributed by atoms with Gasteiger partial charge in [0.15, 0.2) is 11.5 Å². The van der Waals surface area contributed by atoms with Crippen molar-refractivity contribution in [1.29, 1.82) is 0 Å². The summed E-state index contributed by atoms with van der Waals surface area (Å²) >= 11 is 0. The fourth-order valence-electron chi connectivity index (χ4n) is 2.54. The Balaban J connectivity index is 0.00000420. The monoisotopic (exact) mass is 427 g/mol. The van der Waals surface area contributed by atoms with Gasteiger partial charge in [-0.3, -0.25) is 0 Å². The number of anilines is 2. The standard InChI is InChI=1S/C19H29N5O4.ClH/c1-12(2)11-28-19(25)21-7-6-8-24(3)18-22-14-10-16(27-5)15(26-4)9-13(14)17(20)23-18;/h9-10,12H,6-8,11H2,1-5H3,(H,21,25)(H2,20,22,23);1H. The first kappa shape index (κ1) is 24.4. The lowest BCUT2D eigenvalue weighted by molar-refractivity contribution is 0.133. The Kier molecular flexibility index (Phi) is 9.54. The minimum Gasteiger partial charge on any atom is -0.493 e. The molecule has 0 unspecified atom stereocenters. The zero-order valence-corrected chi connectivity index (χ0v) is 18.3. The van der Waals surface area contributed by atoms with Gasteiger partial charge in [-0.05, 0) is 18.4 Å². The number of nitrogens with two attached hydrogens (primary N) is 1. The van der Waals surface area contributed by atoms with Gasteiger partial charge in [0.25, 0.3) is 0 Å². The molecule has 0 saturated heterocycles. The zero-order chi connectivity index (χ0) is 20.7. The Hall–Kier alpha value is -2.68. The van der Waals surface area contributed by atoms with Gasteiger partial charge in [0.1, 0.15) is 5.82 Å². The second kappa shape index (κ2) is 11.4. The Bertz CT molecular complexity index is 819. The summed E-state index contributed by atoms with van der Waals surface area (Å²) in [5.74, 6) is 2.32. The summed E-state index contributed by atoms with van der Waals surface area (Å²) in [5.41, 5.74) is 6.78. The van der Waals surface area contributed by atoms with Crippen molar-refractivity contribution in [3.05, 3.63) is 12.1 Å². The molecule has 29 heavy (non-hydrogen) atoms. The number of methoxy groups -OCH3 is 2. The number of nitrogen functional groups attached to an aromatic ring is 1. The van der Waals surface area contributed by atoms with E-state index in [4.69, 9.17) is 19.9 Å². The van der Waals surface area contributed by atoms with E-state index < -0.39 is 6.09 Å². The number of hydrogen-bond donors (Lipinski definition) is 2. The number of amides is 1. The van der Waals surface area contributed by atoms with Crippen molar-refractivity contribution in [3.8, 4) is 11.5 Å². The van der Waals surface area contributed by atoms with E-state index in [0.717, 1.165) is 0 Å². The first-order chi connectivity index (χ1) is 13.3. The van der Waals surface area contributed by atoms with Crippen LogP contribution in [0.1, 0.15) is 20.3 Å². The number of halogens is 1. The van der Waals surface area contributed by atoms with Crippen molar-refractivity contribution < 1.29 is 19.0 Å². The third kappa shape index (κ3) is 6.70. The molecular formula is C19H30ClN5O4. The van der Waals surface area contributed by atoms with E-state index in [1.54, 1.807) is 26.4 Å². The number of fused-ring (bicyclic) bond motifs is 1. The molecule has 162 valence electrons. The summed E-state index contributed by atoms with van der Waals surface area (Å²) in [5, 5.41) is 3.43. The lowest BCUT2D eigenvalue weighted by atomic mass is 10.2. The maximum Gasteiger partial charge on any atom is 0.407 e. The molecule has 3 N–H and O–H groups in total. The van der Waals surface area contributed by atoms with Crippen LogP contribution in [0.3, 0.4) is 0 Å². The molecule has 1 heterocycles. The number of hydrogen-bond acceptors (Lipinski definition) is 8. The van der Waals surface area contributed by atoms with E-state index in [-0.39, 0.29) is 12.4 Å². The van der Waals surface area contributed by atoms with Crippen LogP contribution in [0.4, 0.5) is 16.6 Å². The van der Waals surface area contributed by atoms with Crippen LogP contribution in [0.25, 0.3) is 10.9 Å². The second-order valence-corrected chi connectivity index (χ2v) is 6.83. The van der Waals surface area contributed by atoms with Crippen LogP contribution < -0.4 is 25.4 Å². The quantitative estimate of drug-likeness (QED) is 0.587. The number of nitrogens with one attached hydrogen (secondary N) is 1. The molecule has 0 bridgehead atoms. The largest absolute Gasteiger partial charge is 0.493 e. The number of carbonyl (C=O) groups is 1. The molecule has 2 rings (SSSR count). The number of alkyl carbamates (subject to hydrolysis) is 1. The first-order valence-corrected chi connectivity index (χ1v) is 9.16. The number of ether oxygens (including phenoxy) is 3. The van der Waals surface area contributed by atoms with Gasteiger partial charge >= 0.3 is 6.09 Å². The molecule has 9 nitrogen and oxygen atoms in total. The van der Waals surface area contributed by atoms with E-state index in [1.807, 2.05) is 25.8 Å². The number of aromatic nitrogens is 2. The average Bonchev–Trinajstić information content (AvgIpc) is 2.68. The topological polar surface area (TPSA) is 112 Å². The van der Waals surface area contributed by atoms with Crippen molar-refractivity contribution in [2.45, 2.75) is 20.3 Å². The fraction of sp³-hybridized carbons (Fsp3) is 0.526. The number of carbonyl (C=O) groups excluding carboxylic acids is 1. The van der Waals surface area contributed by atoms with E-state index in [9.17, 15) is 4.79 Å².